The first kappa shape index (κ1) is 13.8. The van der Waals surface area contributed by atoms with Crippen molar-refractivity contribution in [3.8, 4) is 0 Å². The van der Waals surface area contributed by atoms with Gasteiger partial charge in [0, 0.05) is 21.8 Å². The average molecular weight is 318 g/mol. The van der Waals surface area contributed by atoms with E-state index in [9.17, 15) is 4.79 Å². The molecule has 0 aliphatic rings. The molecule has 0 aliphatic carbocycles. The lowest BCUT2D eigenvalue weighted by atomic mass is 10.1. The quantitative estimate of drug-likeness (QED) is 0.819. The maximum absolute atomic E-state index is 11.2. The SMILES string of the molecule is CC(=O)c1ccc(NC(C)c2cccc(Br)c2)cc1. The highest BCUT2D eigenvalue weighted by atomic mass is 79.9. The van der Waals surface area contributed by atoms with Gasteiger partial charge in [-0.1, -0.05) is 28.1 Å². The van der Waals surface area contributed by atoms with E-state index in [-0.39, 0.29) is 11.8 Å². The van der Waals surface area contributed by atoms with Crippen molar-refractivity contribution in [2.75, 3.05) is 5.32 Å². The van der Waals surface area contributed by atoms with Crippen molar-refractivity contribution in [3.05, 3.63) is 64.1 Å². The van der Waals surface area contributed by atoms with Gasteiger partial charge < -0.3 is 5.32 Å². The molecule has 98 valence electrons. The summed E-state index contributed by atoms with van der Waals surface area (Å²) in [4.78, 5) is 11.2. The molecule has 1 unspecified atom stereocenters. The van der Waals surface area contributed by atoms with Crippen molar-refractivity contribution in [3.63, 3.8) is 0 Å². The van der Waals surface area contributed by atoms with Crippen molar-refractivity contribution in [2.24, 2.45) is 0 Å². The zero-order valence-corrected chi connectivity index (χ0v) is 12.6. The summed E-state index contributed by atoms with van der Waals surface area (Å²) < 4.78 is 1.07. The molecule has 1 atom stereocenters. The van der Waals surface area contributed by atoms with Crippen LogP contribution in [0.25, 0.3) is 0 Å². The zero-order valence-electron chi connectivity index (χ0n) is 11.0. The molecule has 3 heteroatoms. The molecule has 0 saturated heterocycles. The van der Waals surface area contributed by atoms with Crippen LogP contribution in [0.1, 0.15) is 35.8 Å². The largest absolute Gasteiger partial charge is 0.379 e. The van der Waals surface area contributed by atoms with Crippen molar-refractivity contribution in [2.45, 2.75) is 19.9 Å². The van der Waals surface area contributed by atoms with Gasteiger partial charge in [0.05, 0.1) is 0 Å². The van der Waals surface area contributed by atoms with Crippen molar-refractivity contribution in [1.82, 2.24) is 0 Å². The molecular weight excluding hydrogens is 302 g/mol. The highest BCUT2D eigenvalue weighted by Gasteiger charge is 2.06. The molecule has 0 aromatic heterocycles. The third-order valence-corrected chi connectivity index (χ3v) is 3.52. The van der Waals surface area contributed by atoms with Gasteiger partial charge in [0.15, 0.2) is 5.78 Å². The van der Waals surface area contributed by atoms with Crippen LogP contribution in [0.15, 0.2) is 53.0 Å². The summed E-state index contributed by atoms with van der Waals surface area (Å²) in [7, 11) is 0. The van der Waals surface area contributed by atoms with Gasteiger partial charge in [-0.05, 0) is 55.8 Å². The van der Waals surface area contributed by atoms with Gasteiger partial charge >= 0.3 is 0 Å². The predicted molar refractivity (Wildman–Crippen MR) is 82.6 cm³/mol. The predicted octanol–water partition coefficient (Wildman–Crippen LogP) is 4.82. The lowest BCUT2D eigenvalue weighted by molar-refractivity contribution is 0.101. The molecule has 2 rings (SSSR count). The summed E-state index contributed by atoms with van der Waals surface area (Å²) in [6, 6.07) is 16.0. The van der Waals surface area contributed by atoms with Crippen LogP contribution in [0.3, 0.4) is 0 Å². The highest BCUT2D eigenvalue weighted by molar-refractivity contribution is 9.10. The molecule has 2 aromatic rings. The minimum absolute atomic E-state index is 0.0894. The third-order valence-electron chi connectivity index (χ3n) is 3.02. The third kappa shape index (κ3) is 3.67. The molecule has 19 heavy (non-hydrogen) atoms. The van der Waals surface area contributed by atoms with Crippen LogP contribution in [0.4, 0.5) is 5.69 Å². The van der Waals surface area contributed by atoms with Crippen LogP contribution in [0.5, 0.6) is 0 Å². The first-order chi connectivity index (χ1) is 9.06. The lowest BCUT2D eigenvalue weighted by Gasteiger charge is -2.16. The van der Waals surface area contributed by atoms with E-state index in [0.717, 1.165) is 15.7 Å². The summed E-state index contributed by atoms with van der Waals surface area (Å²) in [5, 5.41) is 3.42. The van der Waals surface area contributed by atoms with Gasteiger partial charge in [0.1, 0.15) is 0 Å². The van der Waals surface area contributed by atoms with Crippen LogP contribution in [-0.4, -0.2) is 5.78 Å². The summed E-state index contributed by atoms with van der Waals surface area (Å²) in [5.74, 6) is 0.0894. The second-order valence-corrected chi connectivity index (χ2v) is 5.47. The van der Waals surface area contributed by atoms with Crippen LogP contribution < -0.4 is 5.32 Å². The van der Waals surface area contributed by atoms with Crippen LogP contribution in [-0.2, 0) is 0 Å². The van der Waals surface area contributed by atoms with Crippen LogP contribution in [0, 0.1) is 0 Å². The topological polar surface area (TPSA) is 29.1 Å². The Morgan fingerprint density at radius 3 is 2.42 bits per heavy atom. The van der Waals surface area contributed by atoms with E-state index in [4.69, 9.17) is 0 Å². The Hall–Kier alpha value is -1.61. The van der Waals surface area contributed by atoms with Crippen LogP contribution in [0.2, 0.25) is 0 Å². The van der Waals surface area contributed by atoms with E-state index >= 15 is 0 Å². The van der Waals surface area contributed by atoms with E-state index in [0.29, 0.717) is 0 Å². The fourth-order valence-electron chi connectivity index (χ4n) is 1.91. The number of benzene rings is 2. The second kappa shape index (κ2) is 6.02. The second-order valence-electron chi connectivity index (χ2n) is 4.55. The highest BCUT2D eigenvalue weighted by Crippen LogP contribution is 2.22. The van der Waals surface area contributed by atoms with E-state index < -0.39 is 0 Å². The first-order valence-electron chi connectivity index (χ1n) is 6.19. The van der Waals surface area contributed by atoms with E-state index in [1.54, 1.807) is 6.92 Å². The summed E-state index contributed by atoms with van der Waals surface area (Å²) in [6.07, 6.45) is 0. The number of ketones is 1. The Balaban J connectivity index is 2.10. The molecule has 0 amide bonds. The molecule has 1 N–H and O–H groups in total. The van der Waals surface area contributed by atoms with Crippen molar-refractivity contribution < 1.29 is 4.79 Å². The van der Waals surface area contributed by atoms with Gasteiger partial charge in [-0.3, -0.25) is 4.79 Å². The monoisotopic (exact) mass is 317 g/mol. The number of carbonyl (C=O) groups excluding carboxylic acids is 1. The number of anilines is 1. The molecule has 2 aromatic carbocycles. The number of hydrogen-bond acceptors (Lipinski definition) is 2. The van der Waals surface area contributed by atoms with Crippen molar-refractivity contribution >= 4 is 27.4 Å². The number of nitrogens with one attached hydrogen (secondary N) is 1. The summed E-state index contributed by atoms with van der Waals surface area (Å²) in [6.45, 7) is 3.69. The van der Waals surface area contributed by atoms with Gasteiger partial charge in [-0.25, -0.2) is 0 Å². The normalized spacial score (nSPS) is 11.9. The fraction of sp³-hybridized carbons (Fsp3) is 0.188. The molecule has 0 radical (unpaired) electrons. The van der Waals surface area contributed by atoms with Gasteiger partial charge in [0.25, 0.3) is 0 Å². The number of hydrogen-bond donors (Lipinski definition) is 1. The van der Waals surface area contributed by atoms with Gasteiger partial charge in [0.2, 0.25) is 0 Å². The van der Waals surface area contributed by atoms with Crippen LogP contribution >= 0.6 is 15.9 Å². The average Bonchev–Trinajstić information content (AvgIpc) is 2.39. The molecule has 2 nitrogen and oxygen atoms in total. The Morgan fingerprint density at radius 2 is 1.84 bits per heavy atom. The number of carbonyl (C=O) groups is 1. The number of halogens is 1. The van der Waals surface area contributed by atoms with Crippen molar-refractivity contribution in [1.29, 1.82) is 0 Å². The molecule has 0 spiro atoms. The zero-order chi connectivity index (χ0) is 13.8. The first-order valence-corrected chi connectivity index (χ1v) is 6.98. The van der Waals surface area contributed by atoms with Gasteiger partial charge in [-0.15, -0.1) is 0 Å². The van der Waals surface area contributed by atoms with Gasteiger partial charge in [-0.2, -0.15) is 0 Å². The molecule has 0 bridgehead atoms. The standard InChI is InChI=1S/C16H16BrNO/c1-11(14-4-3-5-15(17)10-14)18-16-8-6-13(7-9-16)12(2)19/h3-11,18H,1-2H3. The van der Waals surface area contributed by atoms with E-state index in [2.05, 4.69) is 40.3 Å². The molecule has 0 heterocycles. The minimum atomic E-state index is 0.0894. The molecule has 0 aliphatic heterocycles. The van der Waals surface area contributed by atoms with E-state index in [1.165, 1.54) is 5.56 Å². The lowest BCUT2D eigenvalue weighted by Crippen LogP contribution is -2.06. The number of Topliss-reactive ketones (excluding diaryl/α,β-unsaturated/α-hetero) is 1. The Kier molecular flexibility index (Phi) is 4.38. The Morgan fingerprint density at radius 1 is 1.16 bits per heavy atom. The number of rotatable bonds is 4. The summed E-state index contributed by atoms with van der Waals surface area (Å²) in [5.41, 5.74) is 2.96. The molecule has 0 saturated carbocycles. The minimum Gasteiger partial charge on any atom is -0.379 e. The molecular formula is C16H16BrNO. The maximum atomic E-state index is 11.2. The van der Waals surface area contributed by atoms with E-state index in [1.807, 2.05) is 36.4 Å². The Bertz CT molecular complexity index is 578. The summed E-state index contributed by atoms with van der Waals surface area (Å²) >= 11 is 3.48. The Labute approximate surface area is 122 Å². The maximum Gasteiger partial charge on any atom is 0.159 e. The molecule has 0 fully saturated rings. The smallest absolute Gasteiger partial charge is 0.159 e. The fourth-order valence-corrected chi connectivity index (χ4v) is 2.33.